The third-order valence-electron chi connectivity index (χ3n) is 4.03. The summed E-state index contributed by atoms with van der Waals surface area (Å²) >= 11 is 0. The minimum atomic E-state index is -7.98. The zero-order chi connectivity index (χ0) is 32.3. The monoisotopic (exact) mass is 642 g/mol. The van der Waals surface area contributed by atoms with Crippen molar-refractivity contribution < 1.29 is 116 Å². The van der Waals surface area contributed by atoms with E-state index in [4.69, 9.17) is 5.11 Å². The Morgan fingerprint density at radius 3 is 1.05 bits per heavy atom. The Bertz CT molecular complexity index is 882. The largest absolute Gasteiger partial charge is 0.481 e. The first-order valence-corrected chi connectivity index (χ1v) is 8.24. The van der Waals surface area contributed by atoms with Crippen LogP contribution < -0.4 is 0 Å². The van der Waals surface area contributed by atoms with E-state index < -0.39 is 78.8 Å². The highest BCUT2D eigenvalue weighted by atomic mass is 19.4. The molecule has 0 aliphatic carbocycles. The Labute approximate surface area is 196 Å². The molecule has 0 amide bonds. The van der Waals surface area contributed by atoms with Crippen molar-refractivity contribution in [2.75, 3.05) is 0 Å². The van der Waals surface area contributed by atoms with Crippen molar-refractivity contribution >= 4 is 5.97 Å². The SMILES string of the molecule is O=C(O)C(CC(F)(OC(F)(F)C(F)(F)C(F)(F)F)C(F)(F)F)C(F)(OC(F)(F)C(F)(F)C(F)(F)F)C(F)(F)F. The third kappa shape index (κ3) is 6.61. The fraction of sp³-hybridized carbons (Fsp3) is 0.923. The number of carboxylic acids is 1. The molecule has 0 rings (SSSR count). The van der Waals surface area contributed by atoms with Gasteiger partial charge in [-0.15, -0.1) is 0 Å². The fourth-order valence-electron chi connectivity index (χ4n) is 2.03. The van der Waals surface area contributed by atoms with Gasteiger partial charge in [0.05, 0.1) is 0 Å². The van der Waals surface area contributed by atoms with Gasteiger partial charge in [-0.2, -0.15) is 87.8 Å². The smallest absolute Gasteiger partial charge is 0.462 e. The molecule has 0 aliphatic heterocycles. The van der Waals surface area contributed by atoms with E-state index >= 15 is 0 Å². The predicted molar refractivity (Wildman–Crippen MR) is 69.6 cm³/mol. The van der Waals surface area contributed by atoms with Crippen LogP contribution in [0.4, 0.5) is 96.6 Å². The van der Waals surface area contributed by atoms with Crippen LogP contribution in [0.3, 0.4) is 0 Å². The van der Waals surface area contributed by atoms with Gasteiger partial charge in [0.15, 0.2) is 0 Å². The lowest BCUT2D eigenvalue weighted by Gasteiger charge is -2.40. The second-order valence-corrected chi connectivity index (χ2v) is 6.85. The lowest BCUT2D eigenvalue weighted by Crippen LogP contribution is -2.64. The van der Waals surface area contributed by atoms with E-state index in [-0.39, 0.29) is 0 Å². The molecule has 234 valence electrons. The summed E-state index contributed by atoms with van der Waals surface area (Å²) in [6, 6.07) is 0. The van der Waals surface area contributed by atoms with Crippen LogP contribution in [0.5, 0.6) is 0 Å². The Kier molecular flexibility index (Phi) is 9.21. The van der Waals surface area contributed by atoms with Gasteiger partial charge in [0.2, 0.25) is 0 Å². The van der Waals surface area contributed by atoms with Gasteiger partial charge in [0.25, 0.3) is 0 Å². The molecule has 0 spiro atoms. The number of hydrogen-bond acceptors (Lipinski definition) is 3. The first-order chi connectivity index (χ1) is 16.5. The van der Waals surface area contributed by atoms with Crippen molar-refractivity contribution in [1.29, 1.82) is 0 Å². The molecule has 0 saturated carbocycles. The molecule has 0 saturated heterocycles. The first-order valence-electron chi connectivity index (χ1n) is 8.24. The summed E-state index contributed by atoms with van der Waals surface area (Å²) in [4.78, 5) is 10.9. The average molecular weight is 642 g/mol. The van der Waals surface area contributed by atoms with Crippen molar-refractivity contribution in [2.24, 2.45) is 5.92 Å². The van der Waals surface area contributed by atoms with Crippen molar-refractivity contribution in [3.05, 3.63) is 0 Å². The number of rotatable bonds is 10. The quantitative estimate of drug-likeness (QED) is 0.258. The fourth-order valence-corrected chi connectivity index (χ4v) is 2.03. The summed E-state index contributed by atoms with van der Waals surface area (Å²) in [5.74, 6) is -40.8. The van der Waals surface area contributed by atoms with Gasteiger partial charge in [0.1, 0.15) is 5.92 Å². The topological polar surface area (TPSA) is 55.8 Å². The number of halogens is 22. The summed E-state index contributed by atoms with van der Waals surface area (Å²) in [6.07, 6.45) is -51.5. The van der Waals surface area contributed by atoms with Gasteiger partial charge in [-0.3, -0.25) is 14.3 Å². The van der Waals surface area contributed by atoms with Crippen LogP contribution in [0.15, 0.2) is 0 Å². The van der Waals surface area contributed by atoms with E-state index in [2.05, 4.69) is 0 Å². The molecular formula is C13H4F22O4. The molecule has 39 heavy (non-hydrogen) atoms. The van der Waals surface area contributed by atoms with Crippen LogP contribution >= 0.6 is 0 Å². The molecule has 26 heteroatoms. The molecule has 4 nitrogen and oxygen atoms in total. The maximum atomic E-state index is 14.4. The summed E-state index contributed by atoms with van der Waals surface area (Å²) in [5.41, 5.74) is 0. The highest BCUT2D eigenvalue weighted by Gasteiger charge is 2.82. The second kappa shape index (κ2) is 9.74. The zero-order valence-corrected chi connectivity index (χ0v) is 16.8. The van der Waals surface area contributed by atoms with Crippen LogP contribution in [0.2, 0.25) is 0 Å². The van der Waals surface area contributed by atoms with Crippen LogP contribution in [0.1, 0.15) is 6.42 Å². The van der Waals surface area contributed by atoms with Gasteiger partial charge in [0, 0.05) is 6.42 Å². The van der Waals surface area contributed by atoms with Crippen LogP contribution in [-0.4, -0.2) is 71.6 Å². The number of alkyl halides is 22. The molecule has 0 aromatic heterocycles. The highest BCUT2D eigenvalue weighted by Crippen LogP contribution is 2.57. The van der Waals surface area contributed by atoms with E-state index in [1.54, 1.807) is 4.74 Å². The number of carbonyl (C=O) groups is 1. The maximum Gasteiger partial charge on any atom is 0.462 e. The van der Waals surface area contributed by atoms with Gasteiger partial charge < -0.3 is 5.11 Å². The van der Waals surface area contributed by atoms with Crippen molar-refractivity contribution in [3.63, 3.8) is 0 Å². The number of hydrogen-bond donors (Lipinski definition) is 1. The molecule has 0 aromatic carbocycles. The van der Waals surface area contributed by atoms with Crippen molar-refractivity contribution in [2.45, 2.75) is 66.9 Å². The Morgan fingerprint density at radius 2 is 0.821 bits per heavy atom. The number of carboxylic acid groups (broad SMARTS) is 1. The Balaban J connectivity index is 7.14. The summed E-state index contributed by atoms with van der Waals surface area (Å²) in [6.45, 7) is 0. The van der Waals surface area contributed by atoms with E-state index in [1.807, 2.05) is 0 Å². The summed E-state index contributed by atoms with van der Waals surface area (Å²) in [5, 5.41) is 8.47. The van der Waals surface area contributed by atoms with E-state index in [0.29, 0.717) is 0 Å². The van der Waals surface area contributed by atoms with Gasteiger partial charge in [-0.25, -0.2) is 8.78 Å². The summed E-state index contributed by atoms with van der Waals surface area (Å²) in [7, 11) is 0. The molecule has 0 aromatic rings. The molecule has 3 atom stereocenters. The van der Waals surface area contributed by atoms with Crippen LogP contribution in [0.25, 0.3) is 0 Å². The van der Waals surface area contributed by atoms with Crippen LogP contribution in [-0.2, 0) is 14.3 Å². The highest BCUT2D eigenvalue weighted by molar-refractivity contribution is 5.71. The molecule has 0 aliphatic rings. The van der Waals surface area contributed by atoms with Crippen LogP contribution in [0, 0.1) is 5.92 Å². The lowest BCUT2D eigenvalue weighted by molar-refractivity contribution is -0.500. The third-order valence-corrected chi connectivity index (χ3v) is 4.03. The average Bonchev–Trinajstić information content (AvgIpc) is 2.61. The first kappa shape index (κ1) is 36.8. The standard InChI is InChI=1S/C13H4F22O4/c14-4(8(20,21)22,38-12(32,33)6(16,17)10(26,27)28)1-2(3(36)37)5(15,9(23,24)25)39-13(34,35)7(18,19)11(29,30)31/h2H,1H2,(H,36,37). The van der Waals surface area contributed by atoms with Gasteiger partial charge >= 0.3 is 66.4 Å². The van der Waals surface area contributed by atoms with Crippen molar-refractivity contribution in [1.82, 2.24) is 0 Å². The number of aliphatic carboxylic acids is 1. The predicted octanol–water partition coefficient (Wildman–Crippen LogP) is 7.15. The molecule has 0 bridgehead atoms. The van der Waals surface area contributed by atoms with Gasteiger partial charge in [-0.1, -0.05) is 0 Å². The molecule has 0 radical (unpaired) electrons. The number of ether oxygens (including phenoxy) is 2. The molecule has 0 fully saturated rings. The normalized spacial score (nSPS) is 19.3. The van der Waals surface area contributed by atoms with Crippen molar-refractivity contribution in [3.8, 4) is 0 Å². The zero-order valence-electron chi connectivity index (χ0n) is 16.8. The molecule has 1 N–H and O–H groups in total. The summed E-state index contributed by atoms with van der Waals surface area (Å²) < 4.78 is 286. The molecule has 0 heterocycles. The lowest BCUT2D eigenvalue weighted by atomic mass is 9.90. The molecule has 3 unspecified atom stereocenters. The minimum absolute atomic E-state index is 1.53. The van der Waals surface area contributed by atoms with Gasteiger partial charge in [-0.05, 0) is 0 Å². The van der Waals surface area contributed by atoms with E-state index in [9.17, 15) is 101 Å². The van der Waals surface area contributed by atoms with E-state index in [1.165, 1.54) is 4.74 Å². The van der Waals surface area contributed by atoms with E-state index in [0.717, 1.165) is 0 Å². The second-order valence-electron chi connectivity index (χ2n) is 6.85. The minimum Gasteiger partial charge on any atom is -0.481 e. The molecular weight excluding hydrogens is 638 g/mol. The Morgan fingerprint density at radius 1 is 0.513 bits per heavy atom. The maximum absolute atomic E-state index is 14.4. The Hall–Kier alpha value is -2.15.